The molecule has 2 N–H and O–H groups in total. The Morgan fingerprint density at radius 2 is 2.33 bits per heavy atom. The van der Waals surface area contributed by atoms with Gasteiger partial charge in [0.2, 0.25) is 0 Å². The molecule has 15 heavy (non-hydrogen) atoms. The zero-order chi connectivity index (χ0) is 11.4. The maximum Gasteiger partial charge on any atom is 0.405 e. The lowest BCUT2D eigenvalue weighted by Gasteiger charge is -2.14. The van der Waals surface area contributed by atoms with Crippen molar-refractivity contribution < 1.29 is 9.90 Å². The van der Waals surface area contributed by atoms with Gasteiger partial charge in [0, 0.05) is 9.50 Å². The molecule has 1 amide bonds. The number of halogens is 2. The Labute approximate surface area is 101 Å². The molecule has 80 valence electrons. The summed E-state index contributed by atoms with van der Waals surface area (Å²) in [6, 6.07) is 4.70. The summed E-state index contributed by atoms with van der Waals surface area (Å²) in [6.07, 6.45) is 0.420. The van der Waals surface area contributed by atoms with E-state index in [0.717, 1.165) is 10.0 Å². The maximum atomic E-state index is 10.5. The number of carboxylic acid groups (broad SMARTS) is 1. The quantitative estimate of drug-likeness (QED) is 0.836. The zero-order valence-corrected chi connectivity index (χ0v) is 10.0. The van der Waals surface area contributed by atoms with Crippen molar-refractivity contribution >= 4 is 33.6 Å². The second kappa shape index (κ2) is 5.19. The highest BCUT2D eigenvalue weighted by atomic mass is 79.9. The molecule has 0 spiro atoms. The second-order valence-corrected chi connectivity index (χ2v) is 4.12. The molecule has 0 aliphatic heterocycles. The van der Waals surface area contributed by atoms with Gasteiger partial charge >= 0.3 is 6.09 Å². The third kappa shape index (κ3) is 3.25. The van der Waals surface area contributed by atoms with Crippen LogP contribution in [-0.2, 0) is 0 Å². The highest BCUT2D eigenvalue weighted by Gasteiger charge is 2.13. The van der Waals surface area contributed by atoms with E-state index >= 15 is 0 Å². The lowest BCUT2D eigenvalue weighted by atomic mass is 10.1. The molecule has 1 aromatic carbocycles. The van der Waals surface area contributed by atoms with Gasteiger partial charge in [-0.1, -0.05) is 39.7 Å². The number of benzene rings is 1. The number of amides is 1. The van der Waals surface area contributed by atoms with Gasteiger partial charge in [-0.3, -0.25) is 0 Å². The summed E-state index contributed by atoms with van der Waals surface area (Å²) in [5.41, 5.74) is 0.775. The van der Waals surface area contributed by atoms with E-state index in [4.69, 9.17) is 16.7 Å². The molecule has 1 aromatic rings. The normalized spacial score (nSPS) is 11.9. The van der Waals surface area contributed by atoms with E-state index in [-0.39, 0.29) is 0 Å². The molecule has 0 saturated heterocycles. The molecule has 0 bridgehead atoms. The van der Waals surface area contributed by atoms with Crippen LogP contribution in [-0.4, -0.2) is 11.2 Å². The summed E-state index contributed by atoms with van der Waals surface area (Å²) in [7, 11) is 0. The smallest absolute Gasteiger partial charge is 0.405 e. The van der Waals surface area contributed by atoms with E-state index in [1.165, 1.54) is 6.08 Å². The molecule has 1 unspecified atom stereocenters. The van der Waals surface area contributed by atoms with Gasteiger partial charge in [-0.25, -0.2) is 4.79 Å². The molecular formula is C10H9BrClNO2. The van der Waals surface area contributed by atoms with Crippen molar-refractivity contribution in [2.24, 2.45) is 0 Å². The fourth-order valence-electron chi connectivity index (χ4n) is 1.15. The fraction of sp³-hybridized carbons (Fsp3) is 0.100. The van der Waals surface area contributed by atoms with E-state index in [0.29, 0.717) is 5.02 Å². The Hall–Kier alpha value is -1.000. The summed E-state index contributed by atoms with van der Waals surface area (Å²) in [4.78, 5) is 10.5. The minimum Gasteiger partial charge on any atom is -0.465 e. The van der Waals surface area contributed by atoms with Crippen LogP contribution in [0.25, 0.3) is 0 Å². The molecule has 5 heteroatoms. The van der Waals surface area contributed by atoms with E-state index in [2.05, 4.69) is 27.8 Å². The number of rotatable bonds is 3. The van der Waals surface area contributed by atoms with Crippen LogP contribution in [0.4, 0.5) is 4.79 Å². The molecule has 1 atom stereocenters. The third-order valence-corrected chi connectivity index (χ3v) is 2.73. The van der Waals surface area contributed by atoms with Crippen LogP contribution in [0.3, 0.4) is 0 Å². The van der Waals surface area contributed by atoms with E-state index in [1.807, 2.05) is 0 Å². The summed E-state index contributed by atoms with van der Waals surface area (Å²) >= 11 is 9.09. The van der Waals surface area contributed by atoms with Crippen molar-refractivity contribution in [2.45, 2.75) is 6.04 Å². The van der Waals surface area contributed by atoms with E-state index in [1.54, 1.807) is 18.2 Å². The van der Waals surface area contributed by atoms with Gasteiger partial charge in [-0.15, -0.1) is 6.58 Å². The molecule has 0 aliphatic carbocycles. The van der Waals surface area contributed by atoms with Crippen LogP contribution in [0.1, 0.15) is 11.6 Å². The average molecular weight is 291 g/mol. The first-order valence-electron chi connectivity index (χ1n) is 4.11. The first-order chi connectivity index (χ1) is 7.04. The monoisotopic (exact) mass is 289 g/mol. The highest BCUT2D eigenvalue weighted by Crippen LogP contribution is 2.27. The molecule has 0 aliphatic rings. The fourth-order valence-corrected chi connectivity index (χ4v) is 2.08. The predicted molar refractivity (Wildman–Crippen MR) is 63.3 cm³/mol. The van der Waals surface area contributed by atoms with Crippen molar-refractivity contribution in [1.82, 2.24) is 5.32 Å². The van der Waals surface area contributed by atoms with Gasteiger partial charge in [0.05, 0.1) is 6.04 Å². The van der Waals surface area contributed by atoms with Gasteiger partial charge in [0.15, 0.2) is 0 Å². The molecule has 0 radical (unpaired) electrons. The lowest BCUT2D eigenvalue weighted by molar-refractivity contribution is 0.192. The first-order valence-corrected chi connectivity index (χ1v) is 5.28. The highest BCUT2D eigenvalue weighted by molar-refractivity contribution is 9.10. The number of nitrogens with one attached hydrogen (secondary N) is 1. The van der Waals surface area contributed by atoms with Crippen LogP contribution in [0.2, 0.25) is 5.02 Å². The molecule has 1 rings (SSSR count). The first kappa shape index (κ1) is 12.1. The van der Waals surface area contributed by atoms with E-state index < -0.39 is 12.1 Å². The molecule has 0 saturated carbocycles. The van der Waals surface area contributed by atoms with Crippen LogP contribution < -0.4 is 5.32 Å². The zero-order valence-electron chi connectivity index (χ0n) is 7.71. The lowest BCUT2D eigenvalue weighted by Crippen LogP contribution is -2.25. The van der Waals surface area contributed by atoms with Gasteiger partial charge in [-0.05, 0) is 17.7 Å². The standard InChI is InChI=1S/C10H9BrClNO2/c1-2-9(13-10(14)15)7-4-3-6(12)5-8(7)11/h2-5,9,13H,1H2,(H,14,15). The number of hydrogen-bond donors (Lipinski definition) is 2. The minimum absolute atomic E-state index is 0.450. The van der Waals surface area contributed by atoms with Crippen molar-refractivity contribution in [3.63, 3.8) is 0 Å². The summed E-state index contributed by atoms with van der Waals surface area (Å²) < 4.78 is 0.744. The van der Waals surface area contributed by atoms with Crippen molar-refractivity contribution in [3.8, 4) is 0 Å². The maximum absolute atomic E-state index is 10.5. The van der Waals surface area contributed by atoms with Gasteiger partial charge in [0.25, 0.3) is 0 Å². The Morgan fingerprint density at radius 3 is 2.80 bits per heavy atom. The van der Waals surface area contributed by atoms with Crippen LogP contribution in [0, 0.1) is 0 Å². The van der Waals surface area contributed by atoms with Gasteiger partial charge in [0.1, 0.15) is 0 Å². The van der Waals surface area contributed by atoms with Crippen LogP contribution >= 0.6 is 27.5 Å². The van der Waals surface area contributed by atoms with Crippen LogP contribution in [0.15, 0.2) is 35.3 Å². The third-order valence-electron chi connectivity index (χ3n) is 1.81. The van der Waals surface area contributed by atoms with Crippen molar-refractivity contribution in [1.29, 1.82) is 0 Å². The van der Waals surface area contributed by atoms with E-state index in [9.17, 15) is 4.79 Å². The Kier molecular flexibility index (Phi) is 4.17. The van der Waals surface area contributed by atoms with Crippen LogP contribution in [0.5, 0.6) is 0 Å². The number of hydrogen-bond acceptors (Lipinski definition) is 1. The second-order valence-electron chi connectivity index (χ2n) is 2.83. The Morgan fingerprint density at radius 1 is 1.67 bits per heavy atom. The molecule has 0 heterocycles. The van der Waals surface area contributed by atoms with Crippen molar-refractivity contribution in [3.05, 3.63) is 45.9 Å². The number of carbonyl (C=O) groups is 1. The SMILES string of the molecule is C=CC(NC(=O)O)c1ccc(Cl)cc1Br. The topological polar surface area (TPSA) is 49.3 Å². The van der Waals surface area contributed by atoms with Crippen molar-refractivity contribution in [2.75, 3.05) is 0 Å². The molecule has 0 aromatic heterocycles. The Bertz CT molecular complexity index is 395. The predicted octanol–water partition coefficient (Wildman–Crippen LogP) is 3.60. The Balaban J connectivity index is 3.01. The molecular weight excluding hydrogens is 281 g/mol. The summed E-state index contributed by atoms with van der Waals surface area (Å²) in [5, 5.41) is 11.5. The van der Waals surface area contributed by atoms with Gasteiger partial charge in [-0.2, -0.15) is 0 Å². The largest absolute Gasteiger partial charge is 0.465 e. The minimum atomic E-state index is -1.10. The van der Waals surface area contributed by atoms with Gasteiger partial charge < -0.3 is 10.4 Å². The molecule has 0 fully saturated rings. The average Bonchev–Trinajstić information content (AvgIpc) is 2.14. The summed E-state index contributed by atoms with van der Waals surface area (Å²) in [6.45, 7) is 3.57. The molecule has 3 nitrogen and oxygen atoms in total. The summed E-state index contributed by atoms with van der Waals surface area (Å²) in [5.74, 6) is 0.